The number of nitrogens with one attached hydrogen (secondary N) is 1. The fourth-order valence-electron chi connectivity index (χ4n) is 2.50. The summed E-state index contributed by atoms with van der Waals surface area (Å²) < 4.78 is 14.6. The minimum Gasteiger partial charge on any atom is -0.389 e. The molecular formula is C20H18ClFN4O3. The van der Waals surface area contributed by atoms with Crippen molar-refractivity contribution in [3.05, 3.63) is 75.5 Å². The van der Waals surface area contributed by atoms with Crippen LogP contribution in [0.4, 0.5) is 4.39 Å². The monoisotopic (exact) mass is 416 g/mol. The minimum atomic E-state index is -1.16. The van der Waals surface area contributed by atoms with Crippen LogP contribution < -0.4 is 10.9 Å². The maximum atomic E-state index is 13.6. The largest absolute Gasteiger partial charge is 0.389 e. The van der Waals surface area contributed by atoms with Crippen molar-refractivity contribution in [1.82, 2.24) is 20.1 Å². The van der Waals surface area contributed by atoms with Gasteiger partial charge in [0.2, 0.25) is 0 Å². The molecule has 150 valence electrons. The van der Waals surface area contributed by atoms with Crippen molar-refractivity contribution in [3.8, 4) is 16.9 Å². The van der Waals surface area contributed by atoms with Crippen LogP contribution in [0.25, 0.3) is 16.9 Å². The summed E-state index contributed by atoms with van der Waals surface area (Å²) in [6, 6.07) is 9.08. The molecule has 7 nitrogen and oxygen atoms in total. The molecule has 0 aliphatic rings. The zero-order valence-electron chi connectivity index (χ0n) is 15.7. The highest BCUT2D eigenvalue weighted by Crippen LogP contribution is 2.20. The second-order valence-electron chi connectivity index (χ2n) is 7.02. The highest BCUT2D eigenvalue weighted by molar-refractivity contribution is 6.30. The molecule has 29 heavy (non-hydrogen) atoms. The number of carbonyl (C=O) groups is 1. The van der Waals surface area contributed by atoms with Gasteiger partial charge in [0.15, 0.2) is 0 Å². The van der Waals surface area contributed by atoms with Gasteiger partial charge in [-0.15, -0.1) is 0 Å². The van der Waals surface area contributed by atoms with Crippen molar-refractivity contribution in [1.29, 1.82) is 0 Å². The van der Waals surface area contributed by atoms with E-state index in [4.69, 9.17) is 11.6 Å². The second kappa shape index (κ2) is 8.10. The van der Waals surface area contributed by atoms with Crippen molar-refractivity contribution < 1.29 is 14.3 Å². The van der Waals surface area contributed by atoms with Crippen LogP contribution in [-0.2, 0) is 0 Å². The van der Waals surface area contributed by atoms with Gasteiger partial charge >= 0.3 is 0 Å². The minimum absolute atomic E-state index is 0.0641. The second-order valence-corrected chi connectivity index (χ2v) is 7.46. The summed E-state index contributed by atoms with van der Waals surface area (Å²) >= 11 is 5.92. The van der Waals surface area contributed by atoms with Gasteiger partial charge in [-0.25, -0.2) is 4.39 Å². The van der Waals surface area contributed by atoms with Crippen LogP contribution in [0.15, 0.2) is 53.6 Å². The Morgan fingerprint density at radius 1 is 1.24 bits per heavy atom. The van der Waals surface area contributed by atoms with Crippen LogP contribution in [0.1, 0.15) is 24.2 Å². The lowest BCUT2D eigenvalue weighted by Gasteiger charge is -2.18. The summed E-state index contributed by atoms with van der Waals surface area (Å²) in [4.78, 5) is 29.2. The van der Waals surface area contributed by atoms with Gasteiger partial charge in [0, 0.05) is 23.2 Å². The van der Waals surface area contributed by atoms with Crippen LogP contribution in [-0.4, -0.2) is 37.9 Å². The number of aromatic nitrogens is 3. The van der Waals surface area contributed by atoms with E-state index in [9.17, 15) is 19.1 Å². The molecule has 0 aliphatic heterocycles. The zero-order valence-corrected chi connectivity index (χ0v) is 16.4. The molecule has 1 aromatic carbocycles. The van der Waals surface area contributed by atoms with Crippen molar-refractivity contribution in [2.75, 3.05) is 6.54 Å². The average Bonchev–Trinajstić information content (AvgIpc) is 2.66. The van der Waals surface area contributed by atoms with Crippen molar-refractivity contribution in [2.45, 2.75) is 19.4 Å². The first kappa shape index (κ1) is 20.6. The molecule has 3 rings (SSSR count). The molecule has 0 spiro atoms. The number of nitrogens with zero attached hydrogens (tertiary/aromatic N) is 3. The molecule has 0 fully saturated rings. The average molecular weight is 417 g/mol. The molecule has 0 saturated carbocycles. The van der Waals surface area contributed by atoms with E-state index in [0.29, 0.717) is 16.3 Å². The third-order valence-corrected chi connectivity index (χ3v) is 4.16. The third-order valence-electron chi connectivity index (χ3n) is 3.91. The van der Waals surface area contributed by atoms with Crippen LogP contribution >= 0.6 is 11.6 Å². The Bertz CT molecular complexity index is 1110. The number of benzene rings is 1. The van der Waals surface area contributed by atoms with E-state index in [1.54, 1.807) is 24.3 Å². The topological polar surface area (TPSA) is 97.1 Å². The van der Waals surface area contributed by atoms with Gasteiger partial charge < -0.3 is 10.4 Å². The Hall–Kier alpha value is -3.10. The number of rotatable bonds is 5. The number of hydrogen-bond acceptors (Lipinski definition) is 5. The van der Waals surface area contributed by atoms with E-state index >= 15 is 0 Å². The Labute approximate surface area is 170 Å². The summed E-state index contributed by atoms with van der Waals surface area (Å²) in [6.45, 7) is 2.98. The lowest BCUT2D eigenvalue weighted by molar-refractivity contribution is 0.0693. The van der Waals surface area contributed by atoms with E-state index in [1.165, 1.54) is 26.1 Å². The maximum Gasteiger partial charge on any atom is 0.284 e. The summed E-state index contributed by atoms with van der Waals surface area (Å²) in [7, 11) is 0. The van der Waals surface area contributed by atoms with Gasteiger partial charge in [0.1, 0.15) is 11.4 Å². The third kappa shape index (κ3) is 5.04. The van der Waals surface area contributed by atoms with Crippen LogP contribution in [0.3, 0.4) is 0 Å². The van der Waals surface area contributed by atoms with Gasteiger partial charge in [-0.2, -0.15) is 9.78 Å². The summed E-state index contributed by atoms with van der Waals surface area (Å²) in [5, 5.41) is 17.1. The standard InChI is InChI=1S/C20H18ClFN4O3/c1-20(2,29)11-24-18(27)16-8-17(12-3-5-13(21)6-4-12)25-26(19(16)28)15-7-14(22)9-23-10-15/h3-10,29H,11H2,1-2H3,(H,24,27). The summed E-state index contributed by atoms with van der Waals surface area (Å²) in [5.41, 5.74) is -1.14. The highest BCUT2D eigenvalue weighted by Gasteiger charge is 2.20. The molecule has 0 aliphatic carbocycles. The van der Waals surface area contributed by atoms with E-state index in [-0.39, 0.29) is 17.8 Å². The maximum absolute atomic E-state index is 13.6. The molecular weight excluding hydrogens is 399 g/mol. The van der Waals surface area contributed by atoms with Crippen molar-refractivity contribution in [2.24, 2.45) is 0 Å². The fourth-order valence-corrected chi connectivity index (χ4v) is 2.63. The Morgan fingerprint density at radius 2 is 1.93 bits per heavy atom. The molecule has 2 heterocycles. The molecule has 0 bridgehead atoms. The SMILES string of the molecule is CC(C)(O)CNC(=O)c1cc(-c2ccc(Cl)cc2)nn(-c2cncc(F)c2)c1=O. The number of aliphatic hydroxyl groups is 1. The number of pyridine rings is 1. The van der Waals surface area contributed by atoms with Crippen LogP contribution in [0.2, 0.25) is 5.02 Å². The van der Waals surface area contributed by atoms with Crippen LogP contribution in [0, 0.1) is 5.82 Å². The molecule has 3 aromatic rings. The van der Waals surface area contributed by atoms with Crippen molar-refractivity contribution >= 4 is 17.5 Å². The first-order valence-electron chi connectivity index (χ1n) is 8.66. The first-order chi connectivity index (χ1) is 13.6. The Morgan fingerprint density at radius 3 is 2.55 bits per heavy atom. The summed E-state index contributed by atoms with van der Waals surface area (Å²) in [6.07, 6.45) is 2.26. The first-order valence-corrected chi connectivity index (χ1v) is 9.04. The molecule has 9 heteroatoms. The molecule has 0 radical (unpaired) electrons. The van der Waals surface area contributed by atoms with E-state index < -0.39 is 22.9 Å². The molecule has 2 N–H and O–H groups in total. The van der Waals surface area contributed by atoms with Crippen LogP contribution in [0.5, 0.6) is 0 Å². The van der Waals surface area contributed by atoms with E-state index in [0.717, 1.165) is 16.9 Å². The highest BCUT2D eigenvalue weighted by atomic mass is 35.5. The fraction of sp³-hybridized carbons (Fsp3) is 0.200. The predicted octanol–water partition coefficient (Wildman–Crippen LogP) is 2.59. The van der Waals surface area contributed by atoms with Gasteiger partial charge in [0.05, 0.1) is 29.4 Å². The number of carbonyl (C=O) groups excluding carboxylic acids is 1. The van der Waals surface area contributed by atoms with Gasteiger partial charge in [-0.1, -0.05) is 23.7 Å². The van der Waals surface area contributed by atoms with Gasteiger partial charge in [0.25, 0.3) is 11.5 Å². The Balaban J connectivity index is 2.15. The van der Waals surface area contributed by atoms with Crippen molar-refractivity contribution in [3.63, 3.8) is 0 Å². The van der Waals surface area contributed by atoms with Gasteiger partial charge in [-0.05, 0) is 32.0 Å². The summed E-state index contributed by atoms with van der Waals surface area (Å²) in [5.74, 6) is -1.34. The lowest BCUT2D eigenvalue weighted by Crippen LogP contribution is -2.41. The lowest BCUT2D eigenvalue weighted by atomic mass is 10.1. The van der Waals surface area contributed by atoms with E-state index in [1.807, 2.05) is 0 Å². The molecule has 0 unspecified atom stereocenters. The Kier molecular flexibility index (Phi) is 5.76. The molecule has 0 saturated heterocycles. The molecule has 1 amide bonds. The molecule has 0 atom stereocenters. The number of hydrogen-bond donors (Lipinski definition) is 2. The van der Waals surface area contributed by atoms with Gasteiger partial charge in [-0.3, -0.25) is 14.6 Å². The normalized spacial score (nSPS) is 11.3. The zero-order chi connectivity index (χ0) is 21.2. The number of amides is 1. The number of halogens is 2. The quantitative estimate of drug-likeness (QED) is 0.666. The molecule has 2 aromatic heterocycles. The van der Waals surface area contributed by atoms with E-state index in [2.05, 4.69) is 15.4 Å². The smallest absolute Gasteiger partial charge is 0.284 e. The predicted molar refractivity (Wildman–Crippen MR) is 107 cm³/mol.